The van der Waals surface area contributed by atoms with Crippen molar-refractivity contribution in [3.8, 4) is 0 Å². The fourth-order valence-corrected chi connectivity index (χ4v) is 4.76. The van der Waals surface area contributed by atoms with Gasteiger partial charge in [-0.15, -0.1) is 0 Å². The van der Waals surface area contributed by atoms with Gasteiger partial charge in [-0.3, -0.25) is 10.0 Å². The molecule has 8 nitrogen and oxygen atoms in total. The number of rotatable bonds is 16. The summed E-state index contributed by atoms with van der Waals surface area (Å²) in [7, 11) is -3.23. The van der Waals surface area contributed by atoms with Gasteiger partial charge >= 0.3 is 0 Å². The van der Waals surface area contributed by atoms with Gasteiger partial charge in [-0.25, -0.2) is 18.2 Å². The highest BCUT2D eigenvalue weighted by Crippen LogP contribution is 2.23. The monoisotopic (exact) mass is 422 g/mol. The van der Waals surface area contributed by atoms with Gasteiger partial charge in [0, 0.05) is 45.9 Å². The Morgan fingerprint density at radius 3 is 2.36 bits per heavy atom. The van der Waals surface area contributed by atoms with E-state index < -0.39 is 15.9 Å². The minimum Gasteiger partial charge on any atom is -0.381 e. The number of amides is 1. The molecule has 1 amide bonds. The van der Waals surface area contributed by atoms with Gasteiger partial charge in [-0.05, 0) is 44.4 Å². The van der Waals surface area contributed by atoms with Crippen LogP contribution in [0.3, 0.4) is 0 Å². The van der Waals surface area contributed by atoms with Crippen molar-refractivity contribution in [3.05, 3.63) is 0 Å². The summed E-state index contributed by atoms with van der Waals surface area (Å²) in [6.07, 6.45) is 7.48. The lowest BCUT2D eigenvalue weighted by atomic mass is 9.95. The van der Waals surface area contributed by atoms with Crippen LogP contribution in [0.4, 0.5) is 0 Å². The zero-order chi connectivity index (χ0) is 20.7. The number of hydrogen-bond donors (Lipinski definition) is 2. The van der Waals surface area contributed by atoms with Crippen LogP contribution >= 0.6 is 0 Å². The summed E-state index contributed by atoms with van der Waals surface area (Å²) in [4.78, 5) is 10.8. The first kappa shape index (κ1) is 25.3. The third-order valence-electron chi connectivity index (χ3n) is 5.04. The van der Waals surface area contributed by atoms with Crippen LogP contribution in [-0.4, -0.2) is 69.1 Å². The number of unbranched alkanes of at least 4 members (excludes halogenated alkanes) is 2. The molecule has 28 heavy (non-hydrogen) atoms. The molecule has 1 fully saturated rings. The Hall–Kier alpha value is -0.740. The highest BCUT2D eigenvalue weighted by atomic mass is 32.2. The first-order valence-corrected chi connectivity index (χ1v) is 12.2. The summed E-state index contributed by atoms with van der Waals surface area (Å²) in [5.41, 5.74) is 1.56. The Balaban J connectivity index is 2.08. The molecule has 1 heterocycles. The fourth-order valence-electron chi connectivity index (χ4n) is 3.25. The third kappa shape index (κ3) is 11.3. The standard InChI is InChI=1S/C19H38N2O6S/c1-2-3-4-13-27-16-10-18-8-11-21(12-9-18)28(24,25)17-6-15-26-14-5-7-19(22)20-23/h18,23H,2-17H2,1H3,(H,20,22). The maximum atomic E-state index is 12.4. The lowest BCUT2D eigenvalue weighted by molar-refractivity contribution is -0.129. The molecule has 0 atom stereocenters. The van der Waals surface area contributed by atoms with E-state index in [1.807, 2.05) is 0 Å². The van der Waals surface area contributed by atoms with E-state index in [0.717, 1.165) is 38.9 Å². The van der Waals surface area contributed by atoms with Crippen LogP contribution in [0.1, 0.15) is 64.7 Å². The predicted octanol–water partition coefficient (Wildman–Crippen LogP) is 2.32. The first-order valence-electron chi connectivity index (χ1n) is 10.6. The molecule has 0 aliphatic carbocycles. The molecule has 0 aromatic carbocycles. The molecular formula is C19H38N2O6S. The molecule has 9 heteroatoms. The van der Waals surface area contributed by atoms with E-state index in [0.29, 0.717) is 45.1 Å². The summed E-state index contributed by atoms with van der Waals surface area (Å²) < 4.78 is 37.5. The SMILES string of the molecule is CCCCCOCCC1CCN(S(=O)(=O)CCCOCCCC(=O)NO)CC1. The average Bonchev–Trinajstić information content (AvgIpc) is 2.70. The molecule has 0 spiro atoms. The number of sulfonamides is 1. The van der Waals surface area contributed by atoms with Crippen molar-refractivity contribution >= 4 is 15.9 Å². The van der Waals surface area contributed by atoms with Gasteiger partial charge in [0.25, 0.3) is 0 Å². The van der Waals surface area contributed by atoms with Gasteiger partial charge in [-0.1, -0.05) is 19.8 Å². The van der Waals surface area contributed by atoms with Crippen molar-refractivity contribution in [1.29, 1.82) is 0 Å². The topological polar surface area (TPSA) is 105 Å². The number of piperidine rings is 1. The summed E-state index contributed by atoms with van der Waals surface area (Å²) >= 11 is 0. The Morgan fingerprint density at radius 1 is 1.04 bits per heavy atom. The quantitative estimate of drug-likeness (QED) is 0.225. The van der Waals surface area contributed by atoms with Gasteiger partial charge in [0.15, 0.2) is 0 Å². The van der Waals surface area contributed by atoms with Crippen LogP contribution in [0.25, 0.3) is 0 Å². The number of hydrogen-bond acceptors (Lipinski definition) is 6. The molecular weight excluding hydrogens is 384 g/mol. The second-order valence-corrected chi connectivity index (χ2v) is 9.46. The van der Waals surface area contributed by atoms with E-state index in [1.54, 1.807) is 9.79 Å². The number of nitrogens with one attached hydrogen (secondary N) is 1. The largest absolute Gasteiger partial charge is 0.381 e. The van der Waals surface area contributed by atoms with Crippen molar-refractivity contribution in [1.82, 2.24) is 9.79 Å². The molecule has 2 N–H and O–H groups in total. The molecule has 0 unspecified atom stereocenters. The average molecular weight is 423 g/mol. The highest BCUT2D eigenvalue weighted by molar-refractivity contribution is 7.89. The van der Waals surface area contributed by atoms with E-state index in [9.17, 15) is 13.2 Å². The van der Waals surface area contributed by atoms with E-state index in [2.05, 4.69) is 6.92 Å². The molecule has 0 saturated carbocycles. The minimum atomic E-state index is -3.23. The van der Waals surface area contributed by atoms with Gasteiger partial charge in [0.1, 0.15) is 0 Å². The first-order chi connectivity index (χ1) is 13.5. The van der Waals surface area contributed by atoms with Gasteiger partial charge in [0.05, 0.1) is 5.75 Å². The summed E-state index contributed by atoms with van der Waals surface area (Å²) in [5, 5.41) is 8.37. The van der Waals surface area contributed by atoms with Crippen molar-refractivity contribution < 1.29 is 27.9 Å². The van der Waals surface area contributed by atoms with E-state index in [4.69, 9.17) is 14.7 Å². The van der Waals surface area contributed by atoms with Crippen LogP contribution in [0.15, 0.2) is 0 Å². The van der Waals surface area contributed by atoms with Gasteiger partial charge < -0.3 is 9.47 Å². The molecule has 1 rings (SSSR count). The van der Waals surface area contributed by atoms with E-state index in [1.165, 1.54) is 12.8 Å². The molecule has 0 aromatic heterocycles. The predicted molar refractivity (Wildman–Crippen MR) is 108 cm³/mol. The summed E-state index contributed by atoms with van der Waals surface area (Å²) in [5.74, 6) is 0.199. The minimum absolute atomic E-state index is 0.0926. The lowest BCUT2D eigenvalue weighted by Crippen LogP contribution is -2.40. The van der Waals surface area contributed by atoms with E-state index in [-0.39, 0.29) is 12.2 Å². The molecule has 0 aromatic rings. The number of carbonyl (C=O) groups excluding carboxylic acids is 1. The maximum Gasteiger partial charge on any atom is 0.243 e. The number of ether oxygens (including phenoxy) is 2. The Labute approximate surface area is 170 Å². The zero-order valence-electron chi connectivity index (χ0n) is 17.2. The van der Waals surface area contributed by atoms with Crippen LogP contribution in [0, 0.1) is 5.92 Å². The molecule has 1 aliphatic rings. The Kier molecular flexibility index (Phi) is 13.7. The molecule has 0 bridgehead atoms. The summed E-state index contributed by atoms with van der Waals surface area (Å²) in [6.45, 7) is 5.71. The van der Waals surface area contributed by atoms with Crippen LogP contribution in [0.5, 0.6) is 0 Å². The second-order valence-electron chi connectivity index (χ2n) is 7.37. The Morgan fingerprint density at radius 2 is 1.68 bits per heavy atom. The van der Waals surface area contributed by atoms with Gasteiger partial charge in [-0.2, -0.15) is 0 Å². The molecule has 0 radical (unpaired) electrons. The maximum absolute atomic E-state index is 12.4. The summed E-state index contributed by atoms with van der Waals surface area (Å²) in [6, 6.07) is 0. The highest BCUT2D eigenvalue weighted by Gasteiger charge is 2.27. The van der Waals surface area contributed by atoms with Crippen molar-refractivity contribution in [2.24, 2.45) is 5.92 Å². The van der Waals surface area contributed by atoms with Crippen molar-refractivity contribution in [2.75, 3.05) is 45.3 Å². The van der Waals surface area contributed by atoms with Gasteiger partial charge in [0.2, 0.25) is 15.9 Å². The number of hydroxylamine groups is 1. The van der Waals surface area contributed by atoms with E-state index >= 15 is 0 Å². The second kappa shape index (κ2) is 15.1. The molecule has 1 aliphatic heterocycles. The Bertz CT molecular complexity index is 507. The smallest absolute Gasteiger partial charge is 0.243 e. The number of carbonyl (C=O) groups is 1. The van der Waals surface area contributed by atoms with Crippen molar-refractivity contribution in [2.45, 2.75) is 64.7 Å². The molecule has 166 valence electrons. The van der Waals surface area contributed by atoms with Crippen LogP contribution < -0.4 is 5.48 Å². The zero-order valence-corrected chi connectivity index (χ0v) is 18.1. The fraction of sp³-hybridized carbons (Fsp3) is 0.947. The molecule has 1 saturated heterocycles. The number of nitrogens with zero attached hydrogens (tertiary/aromatic N) is 1. The van der Waals surface area contributed by atoms with Crippen LogP contribution in [-0.2, 0) is 24.3 Å². The van der Waals surface area contributed by atoms with Crippen LogP contribution in [0.2, 0.25) is 0 Å². The lowest BCUT2D eigenvalue weighted by Gasteiger charge is -2.31. The third-order valence-corrected chi connectivity index (χ3v) is 6.99. The normalized spacial score (nSPS) is 16.4. The van der Waals surface area contributed by atoms with Crippen molar-refractivity contribution in [3.63, 3.8) is 0 Å².